The smallest absolute Gasteiger partial charge is 0.244 e. The van der Waals surface area contributed by atoms with Gasteiger partial charge >= 0.3 is 0 Å². The van der Waals surface area contributed by atoms with Gasteiger partial charge in [-0.05, 0) is 55.5 Å². The summed E-state index contributed by atoms with van der Waals surface area (Å²) in [5, 5.41) is 3.87. The van der Waals surface area contributed by atoms with Crippen LogP contribution in [0.5, 0.6) is 5.75 Å². The number of hydrogen-bond acceptors (Lipinski definition) is 5. The Morgan fingerprint density at radius 2 is 2.00 bits per heavy atom. The molecule has 0 radical (unpaired) electrons. The molecule has 146 valence electrons. The quantitative estimate of drug-likeness (QED) is 0.702. The van der Waals surface area contributed by atoms with E-state index in [-0.39, 0.29) is 16.7 Å². The highest BCUT2D eigenvalue weighted by Crippen LogP contribution is 2.34. The largest absolute Gasteiger partial charge is 0.495 e. The number of sulfonamides is 1. The fraction of sp³-hybridized carbons (Fsp3) is 0.286. The van der Waals surface area contributed by atoms with Gasteiger partial charge in [0.05, 0.1) is 12.8 Å². The molecule has 0 amide bonds. The van der Waals surface area contributed by atoms with E-state index in [2.05, 4.69) is 15.9 Å². The Hall–Kier alpha value is -2.64. The van der Waals surface area contributed by atoms with Gasteiger partial charge in [-0.1, -0.05) is 29.4 Å². The van der Waals surface area contributed by atoms with Gasteiger partial charge in [-0.15, -0.1) is 0 Å². The highest BCUT2D eigenvalue weighted by Gasteiger charge is 2.28. The highest BCUT2D eigenvalue weighted by atomic mass is 32.2. The van der Waals surface area contributed by atoms with Crippen molar-refractivity contribution in [2.24, 2.45) is 0 Å². The van der Waals surface area contributed by atoms with Crippen LogP contribution in [-0.4, -0.2) is 20.7 Å². The minimum atomic E-state index is -3.81. The standard InChI is InChI=1S/C21H22N2O4S/c1-14-12-20(27-22-14)16-10-11-19(26-2)21(13-16)28(24,25)23-18-9-5-7-15-6-3-4-8-17(15)18/h3-4,6,8,10-13,18,23H,5,7,9H2,1-2H3. The number of ether oxygens (including phenoxy) is 1. The monoisotopic (exact) mass is 398 g/mol. The minimum Gasteiger partial charge on any atom is -0.495 e. The third-order valence-corrected chi connectivity index (χ3v) is 6.53. The molecular formula is C21H22N2O4S. The van der Waals surface area contributed by atoms with Crippen molar-refractivity contribution in [1.82, 2.24) is 9.88 Å². The molecule has 1 atom stereocenters. The zero-order valence-corrected chi connectivity index (χ0v) is 16.6. The van der Waals surface area contributed by atoms with E-state index in [9.17, 15) is 8.42 Å². The van der Waals surface area contributed by atoms with Crippen LogP contribution in [0.1, 0.15) is 35.7 Å². The van der Waals surface area contributed by atoms with Crippen molar-refractivity contribution < 1.29 is 17.7 Å². The van der Waals surface area contributed by atoms with E-state index in [1.165, 1.54) is 12.7 Å². The van der Waals surface area contributed by atoms with Gasteiger partial charge in [0, 0.05) is 17.7 Å². The molecule has 0 fully saturated rings. The molecule has 3 aromatic rings. The average Bonchev–Trinajstić information content (AvgIpc) is 3.14. The normalized spacial score (nSPS) is 16.6. The van der Waals surface area contributed by atoms with Crippen LogP contribution in [0.2, 0.25) is 0 Å². The number of rotatable bonds is 5. The van der Waals surface area contributed by atoms with Crippen LogP contribution in [-0.2, 0) is 16.4 Å². The molecule has 1 aliphatic rings. The summed E-state index contributed by atoms with van der Waals surface area (Å²) in [4.78, 5) is 0.0876. The molecular weight excluding hydrogens is 376 g/mol. The molecule has 6 nitrogen and oxygen atoms in total. The number of aromatic nitrogens is 1. The van der Waals surface area contributed by atoms with E-state index in [4.69, 9.17) is 9.26 Å². The maximum absolute atomic E-state index is 13.2. The Morgan fingerprint density at radius 1 is 1.18 bits per heavy atom. The second-order valence-electron chi connectivity index (χ2n) is 6.96. The summed E-state index contributed by atoms with van der Waals surface area (Å²) in [6.45, 7) is 1.82. The van der Waals surface area contributed by atoms with Crippen molar-refractivity contribution in [2.45, 2.75) is 37.1 Å². The van der Waals surface area contributed by atoms with Crippen LogP contribution < -0.4 is 9.46 Å². The lowest BCUT2D eigenvalue weighted by Gasteiger charge is -2.26. The van der Waals surface area contributed by atoms with Crippen molar-refractivity contribution in [3.05, 3.63) is 65.4 Å². The van der Waals surface area contributed by atoms with Gasteiger partial charge in [0.2, 0.25) is 10.0 Å². The number of nitrogens with zero attached hydrogens (tertiary/aromatic N) is 1. The first kappa shape index (κ1) is 18.7. The lowest BCUT2D eigenvalue weighted by atomic mass is 9.88. The summed E-state index contributed by atoms with van der Waals surface area (Å²) < 4.78 is 40.0. The minimum absolute atomic E-state index is 0.0876. The number of nitrogens with one attached hydrogen (secondary N) is 1. The Kier molecular flexibility index (Phi) is 4.95. The number of methoxy groups -OCH3 is 1. The van der Waals surface area contributed by atoms with E-state index in [0.29, 0.717) is 11.3 Å². The van der Waals surface area contributed by atoms with Gasteiger partial charge in [-0.3, -0.25) is 0 Å². The van der Waals surface area contributed by atoms with Crippen molar-refractivity contribution in [3.8, 4) is 17.1 Å². The van der Waals surface area contributed by atoms with Crippen molar-refractivity contribution >= 4 is 10.0 Å². The molecule has 1 aliphatic carbocycles. The first-order valence-corrected chi connectivity index (χ1v) is 10.7. The van der Waals surface area contributed by atoms with E-state index in [1.807, 2.05) is 25.1 Å². The summed E-state index contributed by atoms with van der Waals surface area (Å²) in [6.07, 6.45) is 2.68. The number of fused-ring (bicyclic) bond motifs is 1. The lowest BCUT2D eigenvalue weighted by Crippen LogP contribution is -2.31. The third kappa shape index (κ3) is 3.55. The van der Waals surface area contributed by atoms with Crippen LogP contribution >= 0.6 is 0 Å². The molecule has 0 bridgehead atoms. The number of benzene rings is 2. The van der Waals surface area contributed by atoms with Gasteiger partial charge in [0.1, 0.15) is 10.6 Å². The van der Waals surface area contributed by atoms with Crippen molar-refractivity contribution in [2.75, 3.05) is 7.11 Å². The maximum atomic E-state index is 13.2. The molecule has 28 heavy (non-hydrogen) atoms. The topological polar surface area (TPSA) is 81.4 Å². The molecule has 0 saturated carbocycles. The van der Waals surface area contributed by atoms with Crippen LogP contribution in [0.15, 0.2) is 57.9 Å². The Morgan fingerprint density at radius 3 is 2.75 bits per heavy atom. The molecule has 2 aromatic carbocycles. The fourth-order valence-electron chi connectivity index (χ4n) is 3.67. The average molecular weight is 398 g/mol. The summed E-state index contributed by atoms with van der Waals surface area (Å²) >= 11 is 0. The Balaban J connectivity index is 1.71. The van der Waals surface area contributed by atoms with Crippen molar-refractivity contribution in [1.29, 1.82) is 0 Å². The highest BCUT2D eigenvalue weighted by molar-refractivity contribution is 7.89. The zero-order valence-electron chi connectivity index (χ0n) is 15.8. The first-order chi connectivity index (χ1) is 13.5. The first-order valence-electron chi connectivity index (χ1n) is 9.20. The van der Waals surface area contributed by atoms with E-state index in [1.54, 1.807) is 24.3 Å². The molecule has 1 aromatic heterocycles. The molecule has 7 heteroatoms. The molecule has 1 heterocycles. The lowest BCUT2D eigenvalue weighted by molar-refractivity contribution is 0.401. The number of aryl methyl sites for hydroxylation is 2. The van der Waals surface area contributed by atoms with E-state index in [0.717, 1.165) is 30.5 Å². The van der Waals surface area contributed by atoms with Crippen LogP contribution in [0, 0.1) is 6.92 Å². The predicted molar refractivity (Wildman–Crippen MR) is 106 cm³/mol. The van der Waals surface area contributed by atoms with Gasteiger partial charge in [0.15, 0.2) is 5.76 Å². The summed E-state index contributed by atoms with van der Waals surface area (Å²) in [6, 6.07) is 14.5. The zero-order chi connectivity index (χ0) is 19.7. The second-order valence-corrected chi connectivity index (χ2v) is 8.65. The molecule has 0 spiro atoms. The van der Waals surface area contributed by atoms with Gasteiger partial charge in [0.25, 0.3) is 0 Å². The number of hydrogen-bond donors (Lipinski definition) is 1. The molecule has 1 unspecified atom stereocenters. The SMILES string of the molecule is COc1ccc(-c2cc(C)no2)cc1S(=O)(=O)NC1CCCc2ccccc21. The molecule has 0 saturated heterocycles. The van der Waals surface area contributed by atoms with Gasteiger partial charge in [-0.2, -0.15) is 0 Å². The summed E-state index contributed by atoms with van der Waals surface area (Å²) in [5.41, 5.74) is 3.59. The fourth-order valence-corrected chi connectivity index (χ4v) is 5.11. The summed E-state index contributed by atoms with van der Waals surface area (Å²) in [5.74, 6) is 0.802. The van der Waals surface area contributed by atoms with Crippen molar-refractivity contribution in [3.63, 3.8) is 0 Å². The van der Waals surface area contributed by atoms with Crippen LogP contribution in [0.3, 0.4) is 0 Å². The van der Waals surface area contributed by atoms with Gasteiger partial charge < -0.3 is 9.26 Å². The second kappa shape index (κ2) is 7.41. The molecule has 4 rings (SSSR count). The van der Waals surface area contributed by atoms with E-state index >= 15 is 0 Å². The Labute approximate surface area is 164 Å². The maximum Gasteiger partial charge on any atom is 0.244 e. The van der Waals surface area contributed by atoms with Gasteiger partial charge in [-0.25, -0.2) is 13.1 Å². The van der Waals surface area contributed by atoms with Crippen LogP contribution in [0.4, 0.5) is 0 Å². The Bertz CT molecular complexity index is 1110. The van der Waals surface area contributed by atoms with Crippen LogP contribution in [0.25, 0.3) is 11.3 Å². The third-order valence-electron chi connectivity index (χ3n) is 5.03. The van der Waals surface area contributed by atoms with E-state index < -0.39 is 10.0 Å². The molecule has 0 aliphatic heterocycles. The summed E-state index contributed by atoms with van der Waals surface area (Å²) in [7, 11) is -2.35. The predicted octanol–water partition coefficient (Wildman–Crippen LogP) is 4.01. The molecule has 1 N–H and O–H groups in total.